The number of benzene rings is 1. The molecular weight excluding hydrogens is 269 g/mol. The fourth-order valence-corrected chi connectivity index (χ4v) is 2.24. The average Bonchev–Trinajstić information content (AvgIpc) is 2.86. The summed E-state index contributed by atoms with van der Waals surface area (Å²) in [6.45, 7) is 0. The molecule has 1 aromatic carbocycles. The van der Waals surface area contributed by atoms with Gasteiger partial charge in [0.25, 0.3) is 0 Å². The largest absolute Gasteiger partial charge is 0.475 e. The van der Waals surface area contributed by atoms with E-state index >= 15 is 0 Å². The highest BCUT2D eigenvalue weighted by Gasteiger charge is 2.10. The Hall–Kier alpha value is -2.26. The maximum absolute atomic E-state index is 13.6. The van der Waals surface area contributed by atoms with Crippen molar-refractivity contribution in [1.29, 1.82) is 5.26 Å². The van der Waals surface area contributed by atoms with Crippen LogP contribution in [-0.2, 0) is 5.75 Å². The lowest BCUT2D eigenvalue weighted by Crippen LogP contribution is -1.91. The first-order valence-corrected chi connectivity index (χ1v) is 6.23. The van der Waals surface area contributed by atoms with E-state index in [0.717, 1.165) is 0 Å². The van der Waals surface area contributed by atoms with Crippen LogP contribution in [0.5, 0.6) is 0 Å². The molecule has 6 heteroatoms. The average molecular weight is 277 g/mol. The van der Waals surface area contributed by atoms with Crippen molar-refractivity contribution in [3.05, 3.63) is 53.0 Å². The van der Waals surface area contributed by atoms with Crippen molar-refractivity contribution in [3.8, 4) is 6.07 Å². The van der Waals surface area contributed by atoms with Gasteiger partial charge in [-0.2, -0.15) is 5.26 Å². The van der Waals surface area contributed by atoms with Crippen molar-refractivity contribution in [2.24, 2.45) is 0 Å². The Kier molecular flexibility index (Phi) is 3.88. The molecule has 0 saturated carbocycles. The van der Waals surface area contributed by atoms with Crippen LogP contribution in [0.4, 0.5) is 4.39 Å². The van der Waals surface area contributed by atoms with Crippen molar-refractivity contribution in [2.45, 2.75) is 10.8 Å². The fraction of sp³-hybridized carbons (Fsp3) is 0.0769. The summed E-state index contributed by atoms with van der Waals surface area (Å²) in [6, 6.07) is 8.95. The summed E-state index contributed by atoms with van der Waals surface area (Å²) in [7, 11) is 0. The van der Waals surface area contributed by atoms with Crippen LogP contribution in [0.1, 0.15) is 21.7 Å². The third-order valence-corrected chi connectivity index (χ3v) is 3.30. The van der Waals surface area contributed by atoms with Gasteiger partial charge in [-0.3, -0.25) is 0 Å². The first-order valence-electron chi connectivity index (χ1n) is 5.24. The quantitative estimate of drug-likeness (QED) is 0.868. The van der Waals surface area contributed by atoms with E-state index in [1.807, 2.05) is 6.07 Å². The molecule has 0 bridgehead atoms. The standard InChI is InChI=1S/C13H8FNO3S/c14-10-5-8(6-15)1-2-9(10)7-19-12-4-3-11(18-12)13(16)17/h1-5H,7H2,(H,16,17). The number of carbonyl (C=O) groups is 1. The van der Waals surface area contributed by atoms with Crippen molar-refractivity contribution >= 4 is 17.7 Å². The Balaban J connectivity index is 2.06. The van der Waals surface area contributed by atoms with Gasteiger partial charge in [-0.05, 0) is 29.8 Å². The molecule has 0 fully saturated rings. The second-order valence-corrected chi connectivity index (χ2v) is 4.61. The molecule has 2 aromatic rings. The van der Waals surface area contributed by atoms with E-state index in [9.17, 15) is 9.18 Å². The van der Waals surface area contributed by atoms with Crippen LogP contribution in [0.2, 0.25) is 0 Å². The van der Waals surface area contributed by atoms with Crippen molar-refractivity contribution in [1.82, 2.24) is 0 Å². The molecule has 4 nitrogen and oxygen atoms in total. The summed E-state index contributed by atoms with van der Waals surface area (Å²) < 4.78 is 18.6. The SMILES string of the molecule is N#Cc1ccc(CSc2ccc(C(=O)O)o2)c(F)c1. The maximum Gasteiger partial charge on any atom is 0.371 e. The van der Waals surface area contributed by atoms with Crippen LogP contribution < -0.4 is 0 Å². The number of rotatable bonds is 4. The molecule has 0 radical (unpaired) electrons. The highest BCUT2D eigenvalue weighted by molar-refractivity contribution is 7.98. The molecule has 0 spiro atoms. The number of furan rings is 1. The summed E-state index contributed by atoms with van der Waals surface area (Å²) in [6.07, 6.45) is 0. The Bertz CT molecular complexity index is 660. The highest BCUT2D eigenvalue weighted by Crippen LogP contribution is 2.26. The zero-order chi connectivity index (χ0) is 13.8. The van der Waals surface area contributed by atoms with Gasteiger partial charge in [-0.1, -0.05) is 17.8 Å². The first-order chi connectivity index (χ1) is 9.10. The zero-order valence-electron chi connectivity index (χ0n) is 9.59. The number of aromatic carboxylic acids is 1. The van der Waals surface area contributed by atoms with Crippen molar-refractivity contribution in [3.63, 3.8) is 0 Å². The van der Waals surface area contributed by atoms with E-state index < -0.39 is 11.8 Å². The molecule has 0 saturated heterocycles. The van der Waals surface area contributed by atoms with Gasteiger partial charge in [0, 0.05) is 5.75 Å². The number of nitrogens with zero attached hydrogens (tertiary/aromatic N) is 1. The monoisotopic (exact) mass is 277 g/mol. The highest BCUT2D eigenvalue weighted by atomic mass is 32.2. The fourth-order valence-electron chi connectivity index (χ4n) is 1.40. The van der Waals surface area contributed by atoms with Gasteiger partial charge in [-0.25, -0.2) is 9.18 Å². The van der Waals surface area contributed by atoms with E-state index in [2.05, 4.69) is 0 Å². The number of thioether (sulfide) groups is 1. The zero-order valence-corrected chi connectivity index (χ0v) is 10.4. The van der Waals surface area contributed by atoms with E-state index in [1.165, 1.54) is 42.1 Å². The minimum absolute atomic E-state index is 0.150. The lowest BCUT2D eigenvalue weighted by Gasteiger charge is -2.01. The number of hydrogen-bond acceptors (Lipinski definition) is 4. The molecule has 0 aliphatic heterocycles. The predicted molar refractivity (Wildman–Crippen MR) is 66.3 cm³/mol. The van der Waals surface area contributed by atoms with E-state index in [0.29, 0.717) is 16.4 Å². The second kappa shape index (κ2) is 5.59. The second-order valence-electron chi connectivity index (χ2n) is 3.63. The Labute approximate surface area is 112 Å². The lowest BCUT2D eigenvalue weighted by atomic mass is 10.1. The van der Waals surface area contributed by atoms with Gasteiger partial charge in [0.15, 0.2) is 5.09 Å². The van der Waals surface area contributed by atoms with E-state index in [-0.39, 0.29) is 11.3 Å². The van der Waals surface area contributed by atoms with Crippen molar-refractivity contribution in [2.75, 3.05) is 0 Å². The summed E-state index contributed by atoms with van der Waals surface area (Å²) >= 11 is 1.19. The van der Waals surface area contributed by atoms with Gasteiger partial charge >= 0.3 is 5.97 Å². The summed E-state index contributed by atoms with van der Waals surface area (Å²) in [5, 5.41) is 17.7. The van der Waals surface area contributed by atoms with Gasteiger partial charge < -0.3 is 9.52 Å². The predicted octanol–water partition coefficient (Wildman–Crippen LogP) is 3.28. The number of hydrogen-bond donors (Lipinski definition) is 1. The van der Waals surface area contributed by atoms with Crippen LogP contribution in [-0.4, -0.2) is 11.1 Å². The minimum atomic E-state index is -1.14. The Morgan fingerprint density at radius 3 is 2.79 bits per heavy atom. The Morgan fingerprint density at radius 2 is 2.21 bits per heavy atom. The molecule has 1 N–H and O–H groups in total. The molecule has 96 valence electrons. The van der Waals surface area contributed by atoms with Crippen molar-refractivity contribution < 1.29 is 18.7 Å². The topological polar surface area (TPSA) is 74.2 Å². The molecule has 0 atom stereocenters. The number of carboxylic acids is 1. The summed E-state index contributed by atoms with van der Waals surface area (Å²) in [5.41, 5.74) is 0.690. The summed E-state index contributed by atoms with van der Waals surface area (Å²) in [5.74, 6) is -1.46. The smallest absolute Gasteiger partial charge is 0.371 e. The minimum Gasteiger partial charge on any atom is -0.475 e. The third kappa shape index (κ3) is 3.14. The molecule has 1 heterocycles. The van der Waals surface area contributed by atoms with Gasteiger partial charge in [-0.15, -0.1) is 0 Å². The van der Waals surface area contributed by atoms with E-state index in [4.69, 9.17) is 14.8 Å². The molecule has 0 unspecified atom stereocenters. The van der Waals surface area contributed by atoms with Gasteiger partial charge in [0.2, 0.25) is 5.76 Å². The first kappa shape index (κ1) is 13.2. The Morgan fingerprint density at radius 1 is 1.42 bits per heavy atom. The third-order valence-electron chi connectivity index (χ3n) is 2.34. The van der Waals surface area contributed by atoms with Crippen LogP contribution in [0, 0.1) is 17.1 Å². The molecule has 0 amide bonds. The summed E-state index contributed by atoms with van der Waals surface area (Å²) in [4.78, 5) is 10.6. The van der Waals surface area contributed by atoms with Crippen LogP contribution >= 0.6 is 11.8 Å². The maximum atomic E-state index is 13.6. The van der Waals surface area contributed by atoms with Gasteiger partial charge in [0.05, 0.1) is 11.6 Å². The lowest BCUT2D eigenvalue weighted by molar-refractivity contribution is 0.0656. The molecule has 0 aliphatic carbocycles. The molecule has 2 rings (SSSR count). The number of halogens is 1. The molecule has 0 aliphatic rings. The van der Waals surface area contributed by atoms with Crippen LogP contribution in [0.3, 0.4) is 0 Å². The number of carboxylic acid groups (broad SMARTS) is 1. The van der Waals surface area contributed by atoms with Crippen LogP contribution in [0.25, 0.3) is 0 Å². The normalized spacial score (nSPS) is 10.1. The van der Waals surface area contributed by atoms with E-state index in [1.54, 1.807) is 0 Å². The molecule has 1 aromatic heterocycles. The van der Waals surface area contributed by atoms with Gasteiger partial charge in [0.1, 0.15) is 5.82 Å². The molecule has 19 heavy (non-hydrogen) atoms. The van der Waals surface area contributed by atoms with Crippen LogP contribution in [0.15, 0.2) is 39.8 Å². The molecular formula is C13H8FNO3S. The number of nitriles is 1.